The van der Waals surface area contributed by atoms with E-state index in [4.69, 9.17) is 4.52 Å². The zero-order chi connectivity index (χ0) is 20.5. The summed E-state index contributed by atoms with van der Waals surface area (Å²) in [5, 5.41) is 8.39. The summed E-state index contributed by atoms with van der Waals surface area (Å²) in [5.74, 6) is 0.314. The Balaban J connectivity index is 1.30. The summed E-state index contributed by atoms with van der Waals surface area (Å²) in [5.41, 5.74) is 2.47. The van der Waals surface area contributed by atoms with Gasteiger partial charge in [-0.2, -0.15) is 5.10 Å². The van der Waals surface area contributed by atoms with Gasteiger partial charge in [0.05, 0.1) is 11.7 Å². The quantitative estimate of drug-likeness (QED) is 0.524. The molecular formula is C22H17N5O3. The largest absolute Gasteiger partial charge is 0.355 e. The number of nitrogens with zero attached hydrogens (tertiary/aromatic N) is 5. The molecule has 0 radical (unpaired) electrons. The molecule has 148 valence electrons. The van der Waals surface area contributed by atoms with Crippen LogP contribution in [0.1, 0.15) is 16.5 Å². The molecule has 0 saturated carbocycles. The molecule has 1 aromatic carbocycles. The predicted octanol–water partition coefficient (Wildman–Crippen LogP) is 2.66. The van der Waals surface area contributed by atoms with Crippen molar-refractivity contribution in [2.45, 2.75) is 6.04 Å². The zero-order valence-electron chi connectivity index (χ0n) is 15.9. The molecule has 8 nitrogen and oxygen atoms in total. The molecule has 30 heavy (non-hydrogen) atoms. The molecule has 8 heteroatoms. The number of carbonyl (C=O) groups excluding carboxylic acids is 1. The van der Waals surface area contributed by atoms with Gasteiger partial charge in [-0.1, -0.05) is 35.5 Å². The highest BCUT2D eigenvalue weighted by Gasteiger charge is 2.35. The van der Waals surface area contributed by atoms with Crippen LogP contribution in [0.4, 0.5) is 0 Å². The van der Waals surface area contributed by atoms with Crippen molar-refractivity contribution in [2.75, 3.05) is 13.1 Å². The van der Waals surface area contributed by atoms with Crippen LogP contribution in [0.5, 0.6) is 0 Å². The SMILES string of the molecule is O=C(c1cc(-c2ccccc2)on1)N1CC(n2nc(-c3ccncc3)ccc2=O)C1. The van der Waals surface area contributed by atoms with Gasteiger partial charge in [0.1, 0.15) is 0 Å². The molecule has 3 aromatic heterocycles. The minimum absolute atomic E-state index is 0.177. The molecule has 1 aliphatic heterocycles. The van der Waals surface area contributed by atoms with Crippen molar-refractivity contribution in [3.8, 4) is 22.6 Å². The van der Waals surface area contributed by atoms with Crippen LogP contribution in [-0.4, -0.2) is 43.8 Å². The molecule has 1 aliphatic rings. The molecule has 4 heterocycles. The van der Waals surface area contributed by atoms with E-state index in [1.54, 1.807) is 29.4 Å². The first kappa shape index (κ1) is 18.0. The third kappa shape index (κ3) is 3.28. The molecular weight excluding hydrogens is 382 g/mol. The van der Waals surface area contributed by atoms with Crippen molar-refractivity contribution in [1.29, 1.82) is 0 Å². The highest BCUT2D eigenvalue weighted by molar-refractivity contribution is 5.93. The molecule has 0 atom stereocenters. The van der Waals surface area contributed by atoms with E-state index < -0.39 is 0 Å². The van der Waals surface area contributed by atoms with Gasteiger partial charge in [0.25, 0.3) is 11.5 Å². The van der Waals surface area contributed by atoms with Gasteiger partial charge < -0.3 is 9.42 Å². The summed E-state index contributed by atoms with van der Waals surface area (Å²) >= 11 is 0. The maximum Gasteiger partial charge on any atom is 0.276 e. The predicted molar refractivity (Wildman–Crippen MR) is 109 cm³/mol. The summed E-state index contributed by atoms with van der Waals surface area (Å²) < 4.78 is 6.76. The van der Waals surface area contributed by atoms with Gasteiger partial charge in [0.2, 0.25) is 0 Å². The molecule has 4 aromatic rings. The first-order valence-electron chi connectivity index (χ1n) is 9.51. The van der Waals surface area contributed by atoms with Crippen LogP contribution in [-0.2, 0) is 0 Å². The van der Waals surface area contributed by atoms with Crippen LogP contribution in [0.25, 0.3) is 22.6 Å². The lowest BCUT2D eigenvalue weighted by Gasteiger charge is -2.38. The number of rotatable bonds is 4. The molecule has 1 amide bonds. The average molecular weight is 399 g/mol. The molecule has 0 bridgehead atoms. The third-order valence-corrected chi connectivity index (χ3v) is 5.08. The van der Waals surface area contributed by atoms with E-state index >= 15 is 0 Å². The number of benzene rings is 1. The van der Waals surface area contributed by atoms with Crippen LogP contribution in [0.3, 0.4) is 0 Å². The molecule has 0 aliphatic carbocycles. The lowest BCUT2D eigenvalue weighted by molar-refractivity contribution is 0.0483. The van der Waals surface area contributed by atoms with E-state index in [0.29, 0.717) is 24.5 Å². The first-order valence-corrected chi connectivity index (χ1v) is 9.51. The average Bonchev–Trinajstić information content (AvgIpc) is 3.25. The van der Waals surface area contributed by atoms with Gasteiger partial charge in [-0.25, -0.2) is 4.68 Å². The Bertz CT molecular complexity index is 1240. The monoisotopic (exact) mass is 399 g/mol. The highest BCUT2D eigenvalue weighted by Crippen LogP contribution is 2.25. The number of likely N-dealkylation sites (tertiary alicyclic amines) is 1. The number of hydrogen-bond donors (Lipinski definition) is 0. The number of hydrogen-bond acceptors (Lipinski definition) is 6. The summed E-state index contributed by atoms with van der Waals surface area (Å²) in [6.45, 7) is 0.776. The van der Waals surface area contributed by atoms with Crippen molar-refractivity contribution < 1.29 is 9.32 Å². The Hall–Kier alpha value is -4.07. The lowest BCUT2D eigenvalue weighted by atomic mass is 10.1. The normalized spacial score (nSPS) is 13.8. The fourth-order valence-electron chi connectivity index (χ4n) is 3.42. The smallest absolute Gasteiger partial charge is 0.276 e. The van der Waals surface area contributed by atoms with Gasteiger partial charge >= 0.3 is 0 Å². The van der Waals surface area contributed by atoms with Gasteiger partial charge in [-0.05, 0) is 18.2 Å². The van der Waals surface area contributed by atoms with Crippen LogP contribution in [0.15, 0.2) is 82.4 Å². The first-order chi connectivity index (χ1) is 14.7. The highest BCUT2D eigenvalue weighted by atomic mass is 16.5. The lowest BCUT2D eigenvalue weighted by Crippen LogP contribution is -2.53. The Morgan fingerprint density at radius 1 is 0.967 bits per heavy atom. The minimum Gasteiger partial charge on any atom is -0.355 e. The summed E-state index contributed by atoms with van der Waals surface area (Å²) in [7, 11) is 0. The Labute approximate surface area is 171 Å². The second-order valence-corrected chi connectivity index (χ2v) is 7.04. The maximum absolute atomic E-state index is 12.7. The van der Waals surface area contributed by atoms with E-state index in [9.17, 15) is 9.59 Å². The molecule has 1 saturated heterocycles. The van der Waals surface area contributed by atoms with Crippen molar-refractivity contribution in [2.24, 2.45) is 0 Å². The van der Waals surface area contributed by atoms with Crippen molar-refractivity contribution in [3.63, 3.8) is 0 Å². The third-order valence-electron chi connectivity index (χ3n) is 5.08. The van der Waals surface area contributed by atoms with Gasteiger partial charge in [-0.3, -0.25) is 14.6 Å². The standard InChI is InChI=1S/C22H17N5O3/c28-21-7-6-18(15-8-10-23-11-9-15)24-27(21)17-13-26(14-17)22(29)19-12-20(30-25-19)16-4-2-1-3-5-16/h1-12,17H,13-14H2. The second kappa shape index (κ2) is 7.40. The fraction of sp³-hybridized carbons (Fsp3) is 0.136. The summed E-state index contributed by atoms with van der Waals surface area (Å²) in [6.07, 6.45) is 3.36. The molecule has 5 rings (SSSR count). The van der Waals surface area contributed by atoms with E-state index in [1.807, 2.05) is 42.5 Å². The van der Waals surface area contributed by atoms with Crippen molar-refractivity contribution >= 4 is 5.91 Å². The number of aromatic nitrogens is 4. The summed E-state index contributed by atoms with van der Waals surface area (Å²) in [6, 6.07) is 17.8. The second-order valence-electron chi connectivity index (χ2n) is 7.04. The van der Waals surface area contributed by atoms with Crippen LogP contribution in [0.2, 0.25) is 0 Å². The fourth-order valence-corrected chi connectivity index (χ4v) is 3.42. The van der Waals surface area contributed by atoms with Gasteiger partial charge in [0, 0.05) is 48.7 Å². The van der Waals surface area contributed by atoms with Crippen molar-refractivity contribution in [3.05, 3.63) is 89.1 Å². The molecule has 1 fully saturated rings. The number of pyridine rings is 1. The minimum atomic E-state index is -0.226. The zero-order valence-corrected chi connectivity index (χ0v) is 15.9. The van der Waals surface area contributed by atoms with E-state index in [1.165, 1.54) is 10.7 Å². The number of amides is 1. The van der Waals surface area contributed by atoms with E-state index in [0.717, 1.165) is 11.1 Å². The molecule has 0 spiro atoms. The molecule has 0 N–H and O–H groups in total. The van der Waals surface area contributed by atoms with Gasteiger partial charge in [0.15, 0.2) is 11.5 Å². The van der Waals surface area contributed by atoms with Crippen LogP contribution in [0, 0.1) is 0 Å². The Morgan fingerprint density at radius 3 is 2.50 bits per heavy atom. The topological polar surface area (TPSA) is 94.1 Å². The van der Waals surface area contributed by atoms with Crippen LogP contribution < -0.4 is 5.56 Å². The Kier molecular flexibility index (Phi) is 4.44. The van der Waals surface area contributed by atoms with E-state index in [-0.39, 0.29) is 23.2 Å². The number of carbonyl (C=O) groups is 1. The van der Waals surface area contributed by atoms with Crippen molar-refractivity contribution in [1.82, 2.24) is 24.8 Å². The van der Waals surface area contributed by atoms with Crippen LogP contribution >= 0.6 is 0 Å². The Morgan fingerprint density at radius 2 is 1.73 bits per heavy atom. The maximum atomic E-state index is 12.7. The van der Waals surface area contributed by atoms with E-state index in [2.05, 4.69) is 15.2 Å². The summed E-state index contributed by atoms with van der Waals surface area (Å²) in [4.78, 5) is 30.6. The molecule has 0 unspecified atom stereocenters. The van der Waals surface area contributed by atoms with Gasteiger partial charge in [-0.15, -0.1) is 0 Å².